The predicted octanol–water partition coefficient (Wildman–Crippen LogP) is 4.30. The minimum atomic E-state index is 0.362. The quantitative estimate of drug-likeness (QED) is 0.895. The van der Waals surface area contributed by atoms with E-state index >= 15 is 0 Å². The first-order chi connectivity index (χ1) is 8.72. The molecule has 0 saturated carbocycles. The van der Waals surface area contributed by atoms with Crippen LogP contribution in [0.1, 0.15) is 29.9 Å². The van der Waals surface area contributed by atoms with Crippen LogP contribution in [0.25, 0.3) is 0 Å². The molecule has 0 aliphatic rings. The van der Waals surface area contributed by atoms with Crippen molar-refractivity contribution in [2.45, 2.75) is 18.8 Å². The van der Waals surface area contributed by atoms with E-state index in [0.717, 1.165) is 4.47 Å². The van der Waals surface area contributed by atoms with Gasteiger partial charge in [0.2, 0.25) is 0 Å². The summed E-state index contributed by atoms with van der Waals surface area (Å²) in [6.45, 7) is 2.91. The molecule has 94 valence electrons. The first kappa shape index (κ1) is 13.3. The van der Waals surface area contributed by atoms with E-state index in [1.807, 2.05) is 6.07 Å². The lowest BCUT2D eigenvalue weighted by Crippen LogP contribution is -2.18. The number of benzene rings is 2. The Morgan fingerprint density at radius 1 is 0.944 bits per heavy atom. The zero-order valence-electron chi connectivity index (χ0n) is 10.5. The van der Waals surface area contributed by atoms with Crippen LogP contribution < -0.4 is 5.73 Å². The number of hydrogen-bond donors (Lipinski definition) is 1. The van der Waals surface area contributed by atoms with Crippen molar-refractivity contribution in [3.05, 3.63) is 70.2 Å². The predicted molar refractivity (Wildman–Crippen MR) is 80.8 cm³/mol. The molecule has 2 N–H and O–H groups in total. The van der Waals surface area contributed by atoms with E-state index in [1.165, 1.54) is 11.1 Å². The summed E-state index contributed by atoms with van der Waals surface area (Å²) in [6, 6.07) is 19.0. The SMILES string of the molecule is CC(c1ccccc1)C(CN)c1ccc(Br)cc1. The average Bonchev–Trinajstić information content (AvgIpc) is 2.42. The lowest BCUT2D eigenvalue weighted by Gasteiger charge is -2.23. The first-order valence-electron chi connectivity index (χ1n) is 6.23. The smallest absolute Gasteiger partial charge is 0.0175 e. The topological polar surface area (TPSA) is 26.0 Å². The summed E-state index contributed by atoms with van der Waals surface area (Å²) in [5.41, 5.74) is 8.62. The van der Waals surface area contributed by atoms with Crippen molar-refractivity contribution in [1.82, 2.24) is 0 Å². The third kappa shape index (κ3) is 3.01. The van der Waals surface area contributed by atoms with Crippen LogP contribution in [-0.4, -0.2) is 6.54 Å². The molecule has 2 rings (SSSR count). The molecule has 0 amide bonds. The van der Waals surface area contributed by atoms with Gasteiger partial charge in [-0.2, -0.15) is 0 Å². The molecule has 18 heavy (non-hydrogen) atoms. The molecule has 0 saturated heterocycles. The summed E-state index contributed by atoms with van der Waals surface area (Å²) in [5, 5.41) is 0. The molecule has 0 spiro atoms. The number of rotatable bonds is 4. The van der Waals surface area contributed by atoms with Crippen molar-refractivity contribution < 1.29 is 0 Å². The summed E-state index contributed by atoms with van der Waals surface area (Å²) in [4.78, 5) is 0. The van der Waals surface area contributed by atoms with E-state index in [9.17, 15) is 0 Å². The Morgan fingerprint density at radius 3 is 2.11 bits per heavy atom. The Balaban J connectivity index is 2.26. The number of hydrogen-bond acceptors (Lipinski definition) is 1. The second-order valence-corrected chi connectivity index (χ2v) is 5.51. The monoisotopic (exact) mass is 303 g/mol. The first-order valence-corrected chi connectivity index (χ1v) is 7.02. The molecule has 0 aromatic heterocycles. The van der Waals surface area contributed by atoms with E-state index < -0.39 is 0 Å². The zero-order chi connectivity index (χ0) is 13.0. The second-order valence-electron chi connectivity index (χ2n) is 4.59. The average molecular weight is 304 g/mol. The van der Waals surface area contributed by atoms with E-state index in [1.54, 1.807) is 0 Å². The van der Waals surface area contributed by atoms with Crippen molar-refractivity contribution in [1.29, 1.82) is 0 Å². The van der Waals surface area contributed by atoms with E-state index in [-0.39, 0.29) is 0 Å². The lowest BCUT2D eigenvalue weighted by atomic mass is 9.83. The minimum Gasteiger partial charge on any atom is -0.330 e. The molecule has 2 unspecified atom stereocenters. The van der Waals surface area contributed by atoms with Gasteiger partial charge in [-0.15, -0.1) is 0 Å². The van der Waals surface area contributed by atoms with Crippen LogP contribution in [0.5, 0.6) is 0 Å². The summed E-state index contributed by atoms with van der Waals surface area (Å²) in [5.74, 6) is 0.790. The largest absolute Gasteiger partial charge is 0.330 e. The highest BCUT2D eigenvalue weighted by atomic mass is 79.9. The van der Waals surface area contributed by atoms with E-state index in [4.69, 9.17) is 5.73 Å². The van der Waals surface area contributed by atoms with Crippen molar-refractivity contribution in [2.75, 3.05) is 6.54 Å². The summed E-state index contributed by atoms with van der Waals surface area (Å²) in [6.07, 6.45) is 0. The maximum absolute atomic E-state index is 5.97. The Kier molecular flexibility index (Phi) is 4.56. The van der Waals surface area contributed by atoms with Gasteiger partial charge in [0.1, 0.15) is 0 Å². The van der Waals surface area contributed by atoms with Crippen LogP contribution in [-0.2, 0) is 0 Å². The van der Waals surface area contributed by atoms with Gasteiger partial charge in [0.25, 0.3) is 0 Å². The highest BCUT2D eigenvalue weighted by molar-refractivity contribution is 9.10. The molecule has 0 aliphatic carbocycles. The molecule has 2 heteroatoms. The van der Waals surface area contributed by atoms with Gasteiger partial charge in [-0.25, -0.2) is 0 Å². The van der Waals surface area contributed by atoms with Gasteiger partial charge < -0.3 is 5.73 Å². The van der Waals surface area contributed by atoms with Crippen LogP contribution in [0.3, 0.4) is 0 Å². The molecule has 0 aliphatic heterocycles. The molecule has 1 nitrogen and oxygen atoms in total. The van der Waals surface area contributed by atoms with Gasteiger partial charge in [0.05, 0.1) is 0 Å². The normalized spacial score (nSPS) is 14.2. The van der Waals surface area contributed by atoms with Crippen molar-refractivity contribution in [3.63, 3.8) is 0 Å². The molecule has 2 atom stereocenters. The van der Waals surface area contributed by atoms with E-state index in [0.29, 0.717) is 18.4 Å². The van der Waals surface area contributed by atoms with Crippen LogP contribution in [0, 0.1) is 0 Å². The number of nitrogens with two attached hydrogens (primary N) is 1. The number of halogens is 1. The lowest BCUT2D eigenvalue weighted by molar-refractivity contribution is 0.584. The summed E-state index contributed by atoms with van der Waals surface area (Å²) < 4.78 is 1.11. The molecular formula is C16H18BrN. The Hall–Kier alpha value is -1.12. The Labute approximate surface area is 117 Å². The van der Waals surface area contributed by atoms with Crippen LogP contribution in [0.4, 0.5) is 0 Å². The maximum atomic E-state index is 5.97. The van der Waals surface area contributed by atoms with Crippen LogP contribution >= 0.6 is 15.9 Å². The molecule has 2 aromatic rings. The third-order valence-corrected chi connectivity index (χ3v) is 4.01. The van der Waals surface area contributed by atoms with Crippen molar-refractivity contribution in [3.8, 4) is 0 Å². The fourth-order valence-electron chi connectivity index (χ4n) is 2.33. The van der Waals surface area contributed by atoms with Crippen molar-refractivity contribution in [2.24, 2.45) is 5.73 Å². The van der Waals surface area contributed by atoms with Gasteiger partial charge in [0.15, 0.2) is 0 Å². The van der Waals surface area contributed by atoms with Gasteiger partial charge in [-0.1, -0.05) is 65.3 Å². The molecule has 0 heterocycles. The molecule has 2 aromatic carbocycles. The van der Waals surface area contributed by atoms with Crippen molar-refractivity contribution >= 4 is 15.9 Å². The summed E-state index contributed by atoms with van der Waals surface area (Å²) in [7, 11) is 0. The fraction of sp³-hybridized carbons (Fsp3) is 0.250. The fourth-order valence-corrected chi connectivity index (χ4v) is 2.59. The highest BCUT2D eigenvalue weighted by Gasteiger charge is 2.19. The minimum absolute atomic E-state index is 0.362. The highest BCUT2D eigenvalue weighted by Crippen LogP contribution is 2.32. The standard InChI is InChI=1S/C16H18BrN/c1-12(13-5-3-2-4-6-13)16(11-18)14-7-9-15(17)10-8-14/h2-10,12,16H,11,18H2,1H3. The van der Waals surface area contributed by atoms with Gasteiger partial charge in [0, 0.05) is 10.4 Å². The van der Waals surface area contributed by atoms with Crippen LogP contribution in [0.15, 0.2) is 59.1 Å². The summed E-state index contributed by atoms with van der Waals surface area (Å²) >= 11 is 3.47. The molecule has 0 radical (unpaired) electrons. The molecular weight excluding hydrogens is 286 g/mol. The van der Waals surface area contributed by atoms with Gasteiger partial charge in [-0.05, 0) is 35.7 Å². The second kappa shape index (κ2) is 6.17. The maximum Gasteiger partial charge on any atom is 0.0175 e. The van der Waals surface area contributed by atoms with Gasteiger partial charge >= 0.3 is 0 Å². The van der Waals surface area contributed by atoms with Gasteiger partial charge in [-0.3, -0.25) is 0 Å². The van der Waals surface area contributed by atoms with Crippen LogP contribution in [0.2, 0.25) is 0 Å². The zero-order valence-corrected chi connectivity index (χ0v) is 12.1. The van der Waals surface area contributed by atoms with E-state index in [2.05, 4.69) is 71.4 Å². The molecule has 0 fully saturated rings. The Morgan fingerprint density at radius 2 is 1.56 bits per heavy atom. The Bertz CT molecular complexity index is 478. The molecule has 0 bridgehead atoms. The third-order valence-electron chi connectivity index (χ3n) is 3.48.